The number of para-hydroxylation sites is 3. The summed E-state index contributed by atoms with van der Waals surface area (Å²) in [5.74, 6) is 2.14. The molecule has 11 aromatic carbocycles. The van der Waals surface area contributed by atoms with Gasteiger partial charge in [-0.1, -0.05) is 226 Å². The van der Waals surface area contributed by atoms with Crippen molar-refractivity contribution >= 4 is 54.8 Å². The maximum absolute atomic E-state index is 9.53. The smallest absolute Gasteiger partial charge is 0.269 e. The fourth-order valence-electron chi connectivity index (χ4n) is 13.4. The Bertz CT molecular complexity index is 5670. The average molecular weight is 1170 g/mol. The van der Waals surface area contributed by atoms with Crippen LogP contribution in [0.2, 0.25) is 0 Å². The zero-order valence-corrected chi connectivity index (χ0v) is 51.9. The van der Waals surface area contributed by atoms with Crippen LogP contribution in [-0.4, -0.2) is 14.1 Å². The van der Waals surface area contributed by atoms with Gasteiger partial charge in [0.1, 0.15) is 28.5 Å². The number of benzene rings is 11. The monoisotopic (exact) mass is 1170 g/mol. The molecule has 0 amide bonds. The van der Waals surface area contributed by atoms with E-state index >= 15 is 0 Å². The third kappa shape index (κ3) is 9.14. The second-order valence-corrected chi connectivity index (χ2v) is 27.0. The predicted octanol–water partition coefficient (Wildman–Crippen LogP) is 22.1. The first-order chi connectivity index (χ1) is 45.6. The van der Waals surface area contributed by atoms with E-state index in [1.54, 1.807) is 0 Å². The lowest BCUT2D eigenvalue weighted by Gasteiger charge is -2.26. The number of pyridine rings is 1. The molecule has 5 heterocycles. The minimum atomic E-state index is -0.445. The van der Waals surface area contributed by atoms with E-state index in [0.29, 0.717) is 17.1 Å². The van der Waals surface area contributed by atoms with Crippen LogP contribution in [0.15, 0.2) is 253 Å². The number of hydrogen-bond acceptors (Lipinski definition) is 3. The van der Waals surface area contributed by atoms with Crippen molar-refractivity contribution in [2.75, 3.05) is 0 Å². The molecule has 1 aliphatic rings. The van der Waals surface area contributed by atoms with Crippen LogP contribution in [0.1, 0.15) is 85.9 Å². The molecule has 0 unspecified atom stereocenters. The molecule has 0 saturated carbocycles. The van der Waals surface area contributed by atoms with Crippen LogP contribution in [0, 0.1) is 6.33 Å². The fraction of sp³-hybridized carbons (Fsp3) is 0.143. The van der Waals surface area contributed by atoms with Crippen molar-refractivity contribution < 1.29 is 20.6 Å². The molecule has 0 fully saturated rings. The molecule has 0 radical (unpaired) electrons. The van der Waals surface area contributed by atoms with Gasteiger partial charge in [-0.15, -0.1) is 0 Å². The summed E-state index contributed by atoms with van der Waals surface area (Å²) in [6.07, 6.45) is 5.96. The first-order valence-electron chi connectivity index (χ1n) is 33.4. The molecule has 436 valence electrons. The van der Waals surface area contributed by atoms with Gasteiger partial charge < -0.3 is 9.15 Å². The summed E-state index contributed by atoms with van der Waals surface area (Å²) in [5.41, 5.74) is 19.7. The van der Waals surface area contributed by atoms with E-state index in [2.05, 4.69) is 240 Å². The van der Waals surface area contributed by atoms with E-state index in [4.69, 9.17) is 18.3 Å². The van der Waals surface area contributed by atoms with Crippen molar-refractivity contribution in [3.63, 3.8) is 0 Å². The molecule has 6 nitrogen and oxygen atoms in total. The zero-order valence-electron chi connectivity index (χ0n) is 56.9. The summed E-state index contributed by atoms with van der Waals surface area (Å²) in [5, 5.41) is 4.21. The van der Waals surface area contributed by atoms with Crippen LogP contribution in [0.25, 0.3) is 139 Å². The highest BCUT2D eigenvalue weighted by atomic mass is 16.5. The Hall–Kier alpha value is -10.6. The van der Waals surface area contributed by atoms with Gasteiger partial charge in [-0.2, -0.15) is 0 Å². The van der Waals surface area contributed by atoms with Crippen LogP contribution in [0.3, 0.4) is 0 Å². The number of hydrogen-bond donors (Lipinski definition) is 0. The average Bonchev–Trinajstić information content (AvgIpc) is 1.62. The standard InChI is InChI=1S/C84H68N4O2/c1-82(2,3)56-40-41-85-78(48-56)88-73-34-17-15-27-65(73)66-38-37-61(50-74(66)88)89-60-25-19-24-59(49-60)86-51-87-80-63(53-36-39-77-71(44-53)67-28-16-18-35-76(67)90-77)31-21-33-70(80)69-32-20-30-62(52-22-11-10-12-23-52)79(69)68-29-14-13-26-64(68)72-45-55(46-75(86)81(72)87)54-42-57(83(4,5)6)47-58(43-54)84(7,8)9/h10-50H,1-9H3/i10D,11D,12D,22D,23D. The van der Waals surface area contributed by atoms with E-state index in [-0.39, 0.29) is 33.9 Å². The first kappa shape index (κ1) is 49.4. The summed E-state index contributed by atoms with van der Waals surface area (Å²) >= 11 is 0. The van der Waals surface area contributed by atoms with Crippen molar-refractivity contribution in [1.82, 2.24) is 14.1 Å². The Morgan fingerprint density at radius 2 is 1.08 bits per heavy atom. The molecule has 6 heteroatoms. The van der Waals surface area contributed by atoms with E-state index in [1.165, 1.54) is 16.7 Å². The lowest BCUT2D eigenvalue weighted by Crippen LogP contribution is -2.32. The third-order valence-corrected chi connectivity index (χ3v) is 18.1. The van der Waals surface area contributed by atoms with Gasteiger partial charge in [-0.05, 0) is 172 Å². The number of ether oxygens (including phenoxy) is 1. The van der Waals surface area contributed by atoms with Crippen LogP contribution in [0.4, 0.5) is 0 Å². The maximum Gasteiger partial charge on any atom is 0.269 e. The molecule has 0 bridgehead atoms. The van der Waals surface area contributed by atoms with Crippen molar-refractivity contribution in [3.05, 3.63) is 272 Å². The SMILES string of the molecule is [2H]c1c([2H])c([2H])c(-c2cccc3c2-c2ccccc2-c2cc(-c4cc(C(C)(C)C)cc(C(C)(C)C)c4)cc4c2[n+]([c-]n4-c2cccc(Oc4ccc5c6ccccc6n(-c6cc(C(C)(C)C)ccn6)c5c4)c2)-c2c(-c4ccc5oc6ccccc6c5c4)cccc2-3)c([2H])c1[2H]. The van der Waals surface area contributed by atoms with Gasteiger partial charge in [0.2, 0.25) is 0 Å². The lowest BCUT2D eigenvalue weighted by atomic mass is 9.78. The normalized spacial score (nSPS) is 13.3. The Balaban J connectivity index is 0.991. The Labute approximate surface area is 532 Å². The van der Waals surface area contributed by atoms with Gasteiger partial charge in [0.25, 0.3) is 6.33 Å². The largest absolute Gasteiger partial charge is 0.458 e. The minimum absolute atomic E-state index is 0.0829. The van der Waals surface area contributed by atoms with Crippen molar-refractivity contribution in [2.24, 2.45) is 0 Å². The van der Waals surface area contributed by atoms with Crippen molar-refractivity contribution in [3.8, 4) is 95.5 Å². The highest BCUT2D eigenvalue weighted by Crippen LogP contribution is 2.50. The van der Waals surface area contributed by atoms with Crippen LogP contribution >= 0.6 is 0 Å². The molecule has 90 heavy (non-hydrogen) atoms. The quantitative estimate of drug-likeness (QED) is 0.118. The molecule has 0 atom stereocenters. The Morgan fingerprint density at radius 1 is 0.433 bits per heavy atom. The zero-order chi connectivity index (χ0) is 65.7. The van der Waals surface area contributed by atoms with Gasteiger partial charge >= 0.3 is 0 Å². The molecule has 0 spiro atoms. The molecule has 0 N–H and O–H groups in total. The molecule has 15 aromatic rings. The molecular formula is C84H68N4O2. The molecule has 4 aromatic heterocycles. The summed E-state index contributed by atoms with van der Waals surface area (Å²) in [6.45, 7) is 20.3. The molecule has 16 rings (SSSR count). The van der Waals surface area contributed by atoms with E-state index in [0.717, 1.165) is 128 Å². The van der Waals surface area contributed by atoms with Crippen LogP contribution in [0.5, 0.6) is 11.5 Å². The highest BCUT2D eigenvalue weighted by molar-refractivity contribution is 6.11. The van der Waals surface area contributed by atoms with E-state index in [9.17, 15) is 2.74 Å². The summed E-state index contributed by atoms with van der Waals surface area (Å²) in [7, 11) is 0. The number of furan rings is 1. The van der Waals surface area contributed by atoms with Gasteiger partial charge in [-0.25, -0.2) is 4.98 Å². The third-order valence-electron chi connectivity index (χ3n) is 18.1. The number of nitrogens with zero attached hydrogens (tertiary/aromatic N) is 4. The number of rotatable bonds is 7. The highest BCUT2D eigenvalue weighted by Gasteiger charge is 2.30. The predicted molar refractivity (Wildman–Crippen MR) is 372 cm³/mol. The van der Waals surface area contributed by atoms with Gasteiger partial charge in [0.05, 0.1) is 40.3 Å². The first-order valence-corrected chi connectivity index (χ1v) is 30.9. The Morgan fingerprint density at radius 3 is 1.87 bits per heavy atom. The van der Waals surface area contributed by atoms with Gasteiger partial charge in [-0.3, -0.25) is 13.7 Å². The lowest BCUT2D eigenvalue weighted by molar-refractivity contribution is -0.570. The second kappa shape index (κ2) is 20.5. The van der Waals surface area contributed by atoms with E-state index < -0.39 is 18.1 Å². The van der Waals surface area contributed by atoms with E-state index in [1.807, 2.05) is 60.8 Å². The summed E-state index contributed by atoms with van der Waals surface area (Å²) in [4.78, 5) is 4.96. The summed E-state index contributed by atoms with van der Waals surface area (Å²) in [6, 6.07) is 72.4. The topological polar surface area (TPSA) is 49.0 Å². The molecule has 0 saturated heterocycles. The number of imidazole rings is 1. The molecular weight excluding hydrogens is 1100 g/mol. The second-order valence-electron chi connectivity index (χ2n) is 27.0. The minimum Gasteiger partial charge on any atom is -0.458 e. The Kier molecular flexibility index (Phi) is 11.3. The molecule has 1 aliphatic heterocycles. The van der Waals surface area contributed by atoms with Gasteiger partial charge in [0.15, 0.2) is 0 Å². The fourth-order valence-corrected chi connectivity index (χ4v) is 13.4. The van der Waals surface area contributed by atoms with Crippen molar-refractivity contribution in [1.29, 1.82) is 0 Å². The summed E-state index contributed by atoms with van der Waals surface area (Å²) < 4.78 is 65.9. The molecule has 0 aliphatic carbocycles. The van der Waals surface area contributed by atoms with Crippen LogP contribution < -0.4 is 9.30 Å². The number of aromatic nitrogens is 4. The van der Waals surface area contributed by atoms with Crippen molar-refractivity contribution in [2.45, 2.75) is 78.6 Å². The number of fused-ring (bicyclic) bond motifs is 13. The van der Waals surface area contributed by atoms with Crippen LogP contribution in [-0.2, 0) is 16.2 Å². The van der Waals surface area contributed by atoms with Gasteiger partial charge in [0, 0.05) is 33.8 Å². The maximum atomic E-state index is 9.53.